The van der Waals surface area contributed by atoms with E-state index < -0.39 is 9.84 Å². The largest absolute Gasteiger partial charge is 0.468 e. The minimum Gasteiger partial charge on any atom is -0.468 e. The smallest absolute Gasteiger partial charge is 0.319 e. The molecule has 0 amide bonds. The van der Waals surface area contributed by atoms with Crippen molar-refractivity contribution in [2.75, 3.05) is 31.7 Å². The molecule has 0 bridgehead atoms. The number of carbonyl (C=O) groups excluding carboxylic acids is 1. The maximum Gasteiger partial charge on any atom is 0.319 e. The van der Waals surface area contributed by atoms with E-state index >= 15 is 0 Å². The average molecular weight is 223 g/mol. The Labute approximate surface area is 84.7 Å². The van der Waals surface area contributed by atoms with E-state index in [1.165, 1.54) is 7.11 Å². The first-order valence-electron chi connectivity index (χ1n) is 4.49. The summed E-state index contributed by atoms with van der Waals surface area (Å²) in [6.45, 7) is 2.26. The molecule has 0 aromatic rings. The van der Waals surface area contributed by atoms with Gasteiger partial charge < -0.3 is 10.1 Å². The van der Waals surface area contributed by atoms with Crippen LogP contribution in [0.25, 0.3) is 0 Å². The van der Waals surface area contributed by atoms with Gasteiger partial charge in [0.05, 0.1) is 19.4 Å². The highest BCUT2D eigenvalue weighted by Crippen LogP contribution is 1.91. The van der Waals surface area contributed by atoms with Gasteiger partial charge in [0.2, 0.25) is 0 Å². The van der Waals surface area contributed by atoms with Crippen LogP contribution in [0.4, 0.5) is 0 Å². The molecule has 0 aliphatic rings. The van der Waals surface area contributed by atoms with Crippen LogP contribution in [0.15, 0.2) is 0 Å². The number of hydrogen-bond donors (Lipinski definition) is 1. The van der Waals surface area contributed by atoms with E-state index in [4.69, 9.17) is 0 Å². The van der Waals surface area contributed by atoms with Crippen molar-refractivity contribution < 1.29 is 17.9 Å². The summed E-state index contributed by atoms with van der Waals surface area (Å²) in [4.78, 5) is 10.6. The van der Waals surface area contributed by atoms with E-state index in [0.29, 0.717) is 13.0 Å². The summed E-state index contributed by atoms with van der Waals surface area (Å²) in [5.41, 5.74) is 0. The van der Waals surface area contributed by atoms with E-state index in [1.807, 2.05) is 0 Å². The normalized spacial score (nSPS) is 11.3. The Morgan fingerprint density at radius 3 is 2.57 bits per heavy atom. The minimum atomic E-state index is -2.88. The third-order valence-corrected chi connectivity index (χ3v) is 3.54. The molecule has 84 valence electrons. The zero-order chi connectivity index (χ0) is 11.0. The van der Waals surface area contributed by atoms with Gasteiger partial charge in [0.1, 0.15) is 9.84 Å². The predicted molar refractivity (Wildman–Crippen MR) is 53.8 cm³/mol. The molecule has 0 saturated heterocycles. The van der Waals surface area contributed by atoms with Crippen LogP contribution in [-0.4, -0.2) is 46.1 Å². The summed E-state index contributed by atoms with van der Waals surface area (Å²) in [7, 11) is -1.57. The molecule has 0 radical (unpaired) electrons. The molecular formula is C8H17NO4S. The SMILES string of the molecule is CCS(=O)(=O)CCCNCC(=O)OC. The molecule has 6 heteroatoms. The lowest BCUT2D eigenvalue weighted by Gasteiger charge is -2.03. The highest BCUT2D eigenvalue weighted by Gasteiger charge is 2.06. The van der Waals surface area contributed by atoms with Crippen molar-refractivity contribution in [3.63, 3.8) is 0 Å². The number of sulfone groups is 1. The lowest BCUT2D eigenvalue weighted by atomic mass is 10.5. The topological polar surface area (TPSA) is 72.5 Å². The van der Waals surface area contributed by atoms with Crippen molar-refractivity contribution in [2.24, 2.45) is 0 Å². The van der Waals surface area contributed by atoms with Crippen LogP contribution >= 0.6 is 0 Å². The van der Waals surface area contributed by atoms with Crippen LogP contribution in [0.3, 0.4) is 0 Å². The Kier molecular flexibility index (Phi) is 6.48. The molecule has 0 heterocycles. The Morgan fingerprint density at radius 2 is 2.07 bits per heavy atom. The third kappa shape index (κ3) is 6.85. The quantitative estimate of drug-likeness (QED) is 0.468. The number of rotatable bonds is 7. The van der Waals surface area contributed by atoms with Gasteiger partial charge in [0.25, 0.3) is 0 Å². The van der Waals surface area contributed by atoms with Crippen molar-refractivity contribution in [1.29, 1.82) is 0 Å². The summed E-state index contributed by atoms with van der Waals surface area (Å²) in [6, 6.07) is 0. The minimum absolute atomic E-state index is 0.128. The molecule has 0 unspecified atom stereocenters. The molecule has 0 saturated carbocycles. The Morgan fingerprint density at radius 1 is 1.43 bits per heavy atom. The first-order chi connectivity index (χ1) is 6.52. The molecule has 0 aliphatic heterocycles. The van der Waals surface area contributed by atoms with Crippen LogP contribution < -0.4 is 5.32 Å². The zero-order valence-corrected chi connectivity index (χ0v) is 9.39. The molecule has 0 aromatic carbocycles. The van der Waals surface area contributed by atoms with Crippen molar-refractivity contribution in [2.45, 2.75) is 13.3 Å². The summed E-state index contributed by atoms with van der Waals surface area (Å²) in [5, 5.41) is 2.79. The lowest BCUT2D eigenvalue weighted by molar-refractivity contribution is -0.139. The maximum atomic E-state index is 11.0. The van der Waals surface area contributed by atoms with E-state index in [-0.39, 0.29) is 24.0 Å². The van der Waals surface area contributed by atoms with Gasteiger partial charge in [-0.05, 0) is 13.0 Å². The maximum absolute atomic E-state index is 11.0. The summed E-state index contributed by atoms with van der Waals surface area (Å²) in [6.07, 6.45) is 0.521. The Bertz CT molecular complexity index is 261. The molecule has 14 heavy (non-hydrogen) atoms. The Hall–Kier alpha value is -0.620. The molecule has 0 aliphatic carbocycles. The first-order valence-corrected chi connectivity index (χ1v) is 6.32. The second kappa shape index (κ2) is 6.78. The van der Waals surface area contributed by atoms with Gasteiger partial charge in [0, 0.05) is 5.75 Å². The van der Waals surface area contributed by atoms with Crippen LogP contribution in [0.5, 0.6) is 0 Å². The van der Waals surface area contributed by atoms with Gasteiger partial charge in [-0.1, -0.05) is 6.92 Å². The molecule has 0 spiro atoms. The number of carbonyl (C=O) groups is 1. The zero-order valence-electron chi connectivity index (χ0n) is 8.58. The Balaban J connectivity index is 3.44. The summed E-state index contributed by atoms with van der Waals surface area (Å²) >= 11 is 0. The van der Waals surface area contributed by atoms with Gasteiger partial charge >= 0.3 is 5.97 Å². The van der Waals surface area contributed by atoms with Gasteiger partial charge in [-0.2, -0.15) is 0 Å². The first kappa shape index (κ1) is 13.4. The second-order valence-corrected chi connectivity index (χ2v) is 5.32. The van der Waals surface area contributed by atoms with E-state index in [1.54, 1.807) is 6.92 Å². The lowest BCUT2D eigenvalue weighted by Crippen LogP contribution is -2.26. The molecule has 0 rings (SSSR count). The fourth-order valence-corrected chi connectivity index (χ4v) is 1.70. The van der Waals surface area contributed by atoms with Crippen molar-refractivity contribution in [3.8, 4) is 0 Å². The number of esters is 1. The molecule has 0 atom stereocenters. The van der Waals surface area contributed by atoms with Gasteiger partial charge in [-0.25, -0.2) is 8.42 Å². The third-order valence-electron chi connectivity index (χ3n) is 1.75. The van der Waals surface area contributed by atoms with Crippen LogP contribution in [-0.2, 0) is 19.4 Å². The van der Waals surface area contributed by atoms with Gasteiger partial charge in [-0.15, -0.1) is 0 Å². The summed E-state index contributed by atoms with van der Waals surface area (Å²) < 4.78 is 26.5. The monoisotopic (exact) mass is 223 g/mol. The van der Waals surface area contributed by atoms with E-state index in [2.05, 4.69) is 10.1 Å². The van der Waals surface area contributed by atoms with E-state index in [9.17, 15) is 13.2 Å². The van der Waals surface area contributed by atoms with Gasteiger partial charge in [0.15, 0.2) is 0 Å². The predicted octanol–water partition coefficient (Wildman–Crippen LogP) is -0.426. The fraction of sp³-hybridized carbons (Fsp3) is 0.875. The van der Waals surface area contributed by atoms with Crippen molar-refractivity contribution in [1.82, 2.24) is 5.32 Å². The van der Waals surface area contributed by atoms with Crippen molar-refractivity contribution >= 4 is 15.8 Å². The standard InChI is InChI=1S/C8H17NO4S/c1-3-14(11,12)6-4-5-9-7-8(10)13-2/h9H,3-7H2,1-2H3. The number of ether oxygens (including phenoxy) is 1. The van der Waals surface area contributed by atoms with Gasteiger partial charge in [-0.3, -0.25) is 4.79 Å². The van der Waals surface area contributed by atoms with Crippen molar-refractivity contribution in [3.05, 3.63) is 0 Å². The van der Waals surface area contributed by atoms with Crippen LogP contribution in [0, 0.1) is 0 Å². The highest BCUT2D eigenvalue weighted by atomic mass is 32.2. The molecule has 0 aromatic heterocycles. The molecular weight excluding hydrogens is 206 g/mol. The van der Waals surface area contributed by atoms with Crippen LogP contribution in [0.2, 0.25) is 0 Å². The molecule has 1 N–H and O–H groups in total. The van der Waals surface area contributed by atoms with Crippen LogP contribution in [0.1, 0.15) is 13.3 Å². The number of hydrogen-bond acceptors (Lipinski definition) is 5. The molecule has 0 fully saturated rings. The number of nitrogens with one attached hydrogen (secondary N) is 1. The summed E-state index contributed by atoms with van der Waals surface area (Å²) in [5.74, 6) is -0.00913. The molecule has 5 nitrogen and oxygen atoms in total. The highest BCUT2D eigenvalue weighted by molar-refractivity contribution is 7.91. The van der Waals surface area contributed by atoms with E-state index in [0.717, 1.165) is 0 Å². The average Bonchev–Trinajstić information content (AvgIpc) is 2.17. The fourth-order valence-electron chi connectivity index (χ4n) is 0.824. The second-order valence-electron chi connectivity index (χ2n) is 2.84. The number of methoxy groups -OCH3 is 1.